The van der Waals surface area contributed by atoms with Gasteiger partial charge in [-0.05, 0) is 17.7 Å². The quantitative estimate of drug-likeness (QED) is 0.765. The second kappa shape index (κ2) is 6.95. The van der Waals surface area contributed by atoms with Crippen LogP contribution >= 0.6 is 0 Å². The van der Waals surface area contributed by atoms with E-state index in [1.54, 1.807) is 18.2 Å². The maximum absolute atomic E-state index is 12.5. The lowest BCUT2D eigenvalue weighted by atomic mass is 9.94. The first-order chi connectivity index (χ1) is 12.7. The largest absolute Gasteiger partial charge is 0.391 e. The average Bonchev–Trinajstić information content (AvgIpc) is 3.28. The predicted molar refractivity (Wildman–Crippen MR) is 96.9 cm³/mol. The Morgan fingerprint density at radius 3 is 2.88 bits per heavy atom. The van der Waals surface area contributed by atoms with Crippen molar-refractivity contribution in [1.29, 1.82) is 0 Å². The number of hydrogen-bond donors (Lipinski definition) is 1. The van der Waals surface area contributed by atoms with E-state index in [2.05, 4.69) is 39.6 Å². The molecule has 7 heteroatoms. The summed E-state index contributed by atoms with van der Waals surface area (Å²) in [5, 5.41) is 11.2. The zero-order chi connectivity index (χ0) is 17.9. The van der Waals surface area contributed by atoms with Crippen LogP contribution in [0.3, 0.4) is 0 Å². The van der Waals surface area contributed by atoms with E-state index in [1.165, 1.54) is 16.4 Å². The molecule has 7 nitrogen and oxygen atoms in total. The summed E-state index contributed by atoms with van der Waals surface area (Å²) in [7, 11) is 0. The summed E-state index contributed by atoms with van der Waals surface area (Å²) in [6.07, 6.45) is 2.21. The third-order valence-corrected chi connectivity index (χ3v) is 4.63. The lowest BCUT2D eigenvalue weighted by molar-refractivity contribution is 0.0660. The molecular weight excluding hydrogens is 330 g/mol. The Kier molecular flexibility index (Phi) is 4.35. The molecular formula is C19H19N5O2. The van der Waals surface area contributed by atoms with Crippen LogP contribution in [0.5, 0.6) is 0 Å². The molecule has 3 heterocycles. The van der Waals surface area contributed by atoms with Crippen molar-refractivity contribution in [1.82, 2.24) is 19.9 Å². The highest BCUT2D eigenvalue weighted by atomic mass is 16.6. The number of carbonyl (C=O) groups is 1. The van der Waals surface area contributed by atoms with Crippen LogP contribution in [0.15, 0.2) is 60.0 Å². The Labute approximate surface area is 150 Å². The lowest BCUT2D eigenvalue weighted by Gasteiger charge is -2.15. The molecule has 1 aliphatic rings. The molecule has 2 aromatic heterocycles. The Morgan fingerprint density at radius 2 is 2.04 bits per heavy atom. The van der Waals surface area contributed by atoms with E-state index in [4.69, 9.17) is 4.84 Å². The number of aromatic nitrogens is 3. The molecule has 0 bridgehead atoms. The summed E-state index contributed by atoms with van der Waals surface area (Å²) >= 11 is 0. The molecule has 132 valence electrons. The number of oxime groups is 1. The highest BCUT2D eigenvalue weighted by molar-refractivity contribution is 5.97. The molecule has 1 N–H and O–H groups in total. The van der Waals surface area contributed by atoms with Crippen molar-refractivity contribution < 1.29 is 9.63 Å². The van der Waals surface area contributed by atoms with Crippen molar-refractivity contribution in [2.75, 3.05) is 6.54 Å². The van der Waals surface area contributed by atoms with Gasteiger partial charge >= 0.3 is 0 Å². The molecule has 1 aliphatic heterocycles. The second-order valence-electron chi connectivity index (χ2n) is 6.33. The SMILES string of the molecule is CC1C(CNC(=O)c2cccc3ncnn23)=NOC1Cc1ccccc1. The molecule has 2 atom stereocenters. The van der Waals surface area contributed by atoms with Gasteiger partial charge in [-0.2, -0.15) is 5.10 Å². The van der Waals surface area contributed by atoms with Crippen LogP contribution in [-0.2, 0) is 11.3 Å². The fourth-order valence-corrected chi connectivity index (χ4v) is 3.06. The van der Waals surface area contributed by atoms with Crippen molar-refractivity contribution in [2.24, 2.45) is 11.1 Å². The Bertz CT molecular complexity index is 951. The normalized spacial score (nSPS) is 19.2. The number of nitrogens with one attached hydrogen (secondary N) is 1. The van der Waals surface area contributed by atoms with Crippen LogP contribution in [0.25, 0.3) is 5.65 Å². The number of carbonyl (C=O) groups excluding carboxylic acids is 1. The summed E-state index contributed by atoms with van der Waals surface area (Å²) in [5.41, 5.74) is 3.12. The van der Waals surface area contributed by atoms with Crippen molar-refractivity contribution in [2.45, 2.75) is 19.4 Å². The number of amides is 1. The van der Waals surface area contributed by atoms with Crippen LogP contribution in [0.4, 0.5) is 0 Å². The summed E-state index contributed by atoms with van der Waals surface area (Å²) in [4.78, 5) is 22.2. The van der Waals surface area contributed by atoms with Gasteiger partial charge in [-0.25, -0.2) is 9.50 Å². The van der Waals surface area contributed by atoms with Gasteiger partial charge in [0.2, 0.25) is 0 Å². The number of benzene rings is 1. The van der Waals surface area contributed by atoms with Crippen molar-refractivity contribution in [3.63, 3.8) is 0 Å². The van der Waals surface area contributed by atoms with Gasteiger partial charge in [0.15, 0.2) is 5.65 Å². The van der Waals surface area contributed by atoms with Crippen LogP contribution < -0.4 is 5.32 Å². The van der Waals surface area contributed by atoms with E-state index >= 15 is 0 Å². The molecule has 4 rings (SSSR count). The number of hydrogen-bond acceptors (Lipinski definition) is 5. The van der Waals surface area contributed by atoms with Gasteiger partial charge in [-0.1, -0.05) is 48.5 Å². The van der Waals surface area contributed by atoms with Crippen LogP contribution in [0.1, 0.15) is 23.0 Å². The first-order valence-corrected chi connectivity index (χ1v) is 8.56. The van der Waals surface area contributed by atoms with E-state index in [0.29, 0.717) is 17.9 Å². The maximum Gasteiger partial charge on any atom is 0.270 e. The average molecular weight is 349 g/mol. The van der Waals surface area contributed by atoms with Crippen molar-refractivity contribution in [3.8, 4) is 0 Å². The molecule has 0 aliphatic carbocycles. The Morgan fingerprint density at radius 1 is 1.19 bits per heavy atom. The molecule has 0 spiro atoms. The zero-order valence-corrected chi connectivity index (χ0v) is 14.4. The van der Waals surface area contributed by atoms with Crippen LogP contribution in [-0.4, -0.2) is 38.9 Å². The monoisotopic (exact) mass is 349 g/mol. The molecule has 2 unspecified atom stereocenters. The molecule has 1 aromatic carbocycles. The summed E-state index contributed by atoms with van der Waals surface area (Å²) in [6, 6.07) is 15.5. The third kappa shape index (κ3) is 3.15. The minimum Gasteiger partial charge on any atom is -0.391 e. The number of rotatable bonds is 5. The molecule has 0 radical (unpaired) electrons. The molecule has 3 aromatic rings. The highest BCUT2D eigenvalue weighted by Gasteiger charge is 2.30. The molecule has 0 saturated heterocycles. The first kappa shape index (κ1) is 16.3. The molecule has 0 saturated carbocycles. The van der Waals surface area contributed by atoms with Crippen LogP contribution in [0, 0.1) is 5.92 Å². The van der Waals surface area contributed by atoms with Gasteiger partial charge in [-0.15, -0.1) is 0 Å². The minimum absolute atomic E-state index is 0.0111. The van der Waals surface area contributed by atoms with E-state index < -0.39 is 0 Å². The second-order valence-corrected chi connectivity index (χ2v) is 6.33. The van der Waals surface area contributed by atoms with Gasteiger partial charge in [-0.3, -0.25) is 4.79 Å². The molecule has 0 fully saturated rings. The summed E-state index contributed by atoms with van der Waals surface area (Å²) in [5.74, 6) is -0.0832. The Balaban J connectivity index is 1.38. The number of fused-ring (bicyclic) bond motifs is 1. The third-order valence-electron chi connectivity index (χ3n) is 4.63. The van der Waals surface area contributed by atoms with E-state index in [9.17, 15) is 4.79 Å². The van der Waals surface area contributed by atoms with Crippen molar-refractivity contribution in [3.05, 3.63) is 66.1 Å². The first-order valence-electron chi connectivity index (χ1n) is 8.56. The van der Waals surface area contributed by atoms with Gasteiger partial charge in [0.05, 0.1) is 12.3 Å². The number of pyridine rings is 1. The maximum atomic E-state index is 12.5. The predicted octanol–water partition coefficient (Wildman–Crippen LogP) is 2.09. The zero-order valence-electron chi connectivity index (χ0n) is 14.4. The van der Waals surface area contributed by atoms with Gasteiger partial charge in [0, 0.05) is 12.3 Å². The van der Waals surface area contributed by atoms with E-state index in [0.717, 1.165) is 12.1 Å². The lowest BCUT2D eigenvalue weighted by Crippen LogP contribution is -2.34. The molecule has 1 amide bonds. The fraction of sp³-hybridized carbons (Fsp3) is 0.263. The fourth-order valence-electron chi connectivity index (χ4n) is 3.06. The highest BCUT2D eigenvalue weighted by Crippen LogP contribution is 2.21. The standard InChI is InChI=1S/C19H19N5O2/c1-13-15(23-26-17(13)10-14-6-3-2-4-7-14)11-20-19(25)16-8-5-9-18-21-12-22-24(16)18/h2-9,12-13,17H,10-11H2,1H3,(H,20,25). The minimum atomic E-state index is -0.220. The van der Waals surface area contributed by atoms with E-state index in [1.807, 2.05) is 18.2 Å². The summed E-state index contributed by atoms with van der Waals surface area (Å²) < 4.78 is 1.52. The van der Waals surface area contributed by atoms with Gasteiger partial charge < -0.3 is 10.2 Å². The number of nitrogens with zero attached hydrogens (tertiary/aromatic N) is 4. The van der Waals surface area contributed by atoms with Crippen LogP contribution in [0.2, 0.25) is 0 Å². The molecule has 26 heavy (non-hydrogen) atoms. The smallest absolute Gasteiger partial charge is 0.270 e. The van der Waals surface area contributed by atoms with E-state index in [-0.39, 0.29) is 17.9 Å². The van der Waals surface area contributed by atoms with Gasteiger partial charge in [0.25, 0.3) is 5.91 Å². The van der Waals surface area contributed by atoms with Crippen molar-refractivity contribution >= 4 is 17.3 Å². The Hall–Kier alpha value is -3.22. The summed E-state index contributed by atoms with van der Waals surface area (Å²) in [6.45, 7) is 2.42. The van der Waals surface area contributed by atoms with Gasteiger partial charge in [0.1, 0.15) is 18.1 Å². The topological polar surface area (TPSA) is 80.9 Å².